The van der Waals surface area contributed by atoms with E-state index in [0.717, 1.165) is 55.8 Å². The number of benzene rings is 2. The fourth-order valence-electron chi connectivity index (χ4n) is 3.52. The molecule has 1 heterocycles. The van der Waals surface area contributed by atoms with Crippen LogP contribution in [-0.2, 0) is 10.0 Å². The lowest BCUT2D eigenvalue weighted by Crippen LogP contribution is -2.37. The minimum Gasteiger partial charge on any atom is -0.496 e. The van der Waals surface area contributed by atoms with E-state index >= 15 is 0 Å². The van der Waals surface area contributed by atoms with Gasteiger partial charge >= 0.3 is 6.36 Å². The van der Waals surface area contributed by atoms with Crippen molar-refractivity contribution in [2.24, 2.45) is 0 Å². The minimum atomic E-state index is -4.84. The topological polar surface area (TPSA) is 67.9 Å². The number of nitrogens with zero attached hydrogens (tertiary/aromatic N) is 1. The second-order valence-corrected chi connectivity index (χ2v) is 8.64. The van der Waals surface area contributed by atoms with Crippen molar-refractivity contribution in [1.82, 2.24) is 9.62 Å². The maximum absolute atomic E-state index is 12.7. The molecule has 6 nitrogen and oxygen atoms in total. The molecule has 3 rings (SSSR count). The summed E-state index contributed by atoms with van der Waals surface area (Å²) in [7, 11) is -2.36. The molecule has 164 valence electrons. The van der Waals surface area contributed by atoms with Crippen LogP contribution in [-0.4, -0.2) is 46.4 Å². The smallest absolute Gasteiger partial charge is 0.496 e. The van der Waals surface area contributed by atoms with Crippen LogP contribution in [0, 0.1) is 0 Å². The van der Waals surface area contributed by atoms with Gasteiger partial charge < -0.3 is 9.47 Å². The van der Waals surface area contributed by atoms with Gasteiger partial charge in [-0.1, -0.05) is 18.2 Å². The molecule has 0 amide bonds. The fraction of sp³-hybridized carbons (Fsp3) is 0.400. The molecule has 30 heavy (non-hydrogen) atoms. The Bertz CT molecular complexity index is 943. The molecule has 1 atom stereocenters. The van der Waals surface area contributed by atoms with Crippen molar-refractivity contribution in [3.8, 4) is 11.5 Å². The van der Waals surface area contributed by atoms with Crippen molar-refractivity contribution >= 4 is 10.0 Å². The van der Waals surface area contributed by atoms with E-state index in [-0.39, 0.29) is 17.5 Å². The predicted octanol–water partition coefficient (Wildman–Crippen LogP) is 3.71. The summed E-state index contributed by atoms with van der Waals surface area (Å²) < 4.78 is 74.1. The second kappa shape index (κ2) is 9.23. The summed E-state index contributed by atoms with van der Waals surface area (Å²) in [5.74, 6) is 0.188. The van der Waals surface area contributed by atoms with Gasteiger partial charge in [-0.05, 0) is 56.3 Å². The number of alkyl halides is 3. The summed E-state index contributed by atoms with van der Waals surface area (Å²) >= 11 is 0. The Morgan fingerprint density at radius 2 is 1.70 bits per heavy atom. The molecule has 0 bridgehead atoms. The number of para-hydroxylation sites is 1. The lowest BCUT2D eigenvalue weighted by atomic mass is 10.0. The number of methoxy groups -OCH3 is 1. The Morgan fingerprint density at radius 1 is 1.07 bits per heavy atom. The van der Waals surface area contributed by atoms with E-state index in [4.69, 9.17) is 4.74 Å². The standard InChI is InChI=1S/C20H23F3N2O4S/c1-28-19-7-3-2-6-17(19)18(25-12-4-5-13-25)14-24-30(26,27)16-10-8-15(9-11-16)29-20(21,22)23/h2-3,6-11,18,24H,4-5,12-14H2,1H3/t18-/m1/s1. The zero-order valence-electron chi connectivity index (χ0n) is 16.4. The van der Waals surface area contributed by atoms with Gasteiger partial charge in [-0.3, -0.25) is 4.90 Å². The first-order chi connectivity index (χ1) is 14.2. The molecule has 1 N–H and O–H groups in total. The molecule has 0 radical (unpaired) electrons. The Balaban J connectivity index is 1.77. The van der Waals surface area contributed by atoms with Gasteiger partial charge in [-0.2, -0.15) is 0 Å². The summed E-state index contributed by atoms with van der Waals surface area (Å²) in [6, 6.07) is 11.3. The van der Waals surface area contributed by atoms with E-state index in [1.165, 1.54) is 0 Å². The van der Waals surface area contributed by atoms with Crippen LogP contribution in [0.5, 0.6) is 11.5 Å². The summed E-state index contributed by atoms with van der Waals surface area (Å²) in [6.07, 6.45) is -2.78. The van der Waals surface area contributed by atoms with E-state index in [1.54, 1.807) is 7.11 Å². The molecule has 2 aromatic carbocycles. The molecule has 1 aliphatic rings. The highest BCUT2D eigenvalue weighted by molar-refractivity contribution is 7.89. The summed E-state index contributed by atoms with van der Waals surface area (Å²) in [5, 5.41) is 0. The van der Waals surface area contributed by atoms with Crippen molar-refractivity contribution in [2.45, 2.75) is 30.1 Å². The van der Waals surface area contributed by atoms with E-state index in [9.17, 15) is 21.6 Å². The van der Waals surface area contributed by atoms with Crippen LogP contribution in [0.3, 0.4) is 0 Å². The summed E-state index contributed by atoms with van der Waals surface area (Å²) in [4.78, 5) is 2.05. The van der Waals surface area contributed by atoms with Gasteiger partial charge in [-0.25, -0.2) is 13.1 Å². The molecular weight excluding hydrogens is 421 g/mol. The molecule has 2 aromatic rings. The molecular formula is C20H23F3N2O4S. The first-order valence-electron chi connectivity index (χ1n) is 9.42. The van der Waals surface area contributed by atoms with Crippen LogP contribution in [0.2, 0.25) is 0 Å². The Hall–Kier alpha value is -2.30. The number of halogens is 3. The maximum Gasteiger partial charge on any atom is 0.573 e. The number of hydrogen-bond acceptors (Lipinski definition) is 5. The number of rotatable bonds is 8. The van der Waals surface area contributed by atoms with Crippen LogP contribution < -0.4 is 14.2 Å². The Labute approximate surface area is 173 Å². The van der Waals surface area contributed by atoms with Gasteiger partial charge in [0.05, 0.1) is 18.0 Å². The van der Waals surface area contributed by atoms with E-state index in [0.29, 0.717) is 5.75 Å². The third-order valence-corrected chi connectivity index (χ3v) is 6.35. The molecule has 0 aromatic heterocycles. The van der Waals surface area contributed by atoms with E-state index < -0.39 is 22.1 Å². The number of likely N-dealkylation sites (tertiary alicyclic amines) is 1. The maximum atomic E-state index is 12.7. The van der Waals surface area contributed by atoms with Crippen molar-refractivity contribution in [3.63, 3.8) is 0 Å². The molecule has 0 unspecified atom stereocenters. The highest BCUT2D eigenvalue weighted by atomic mass is 32.2. The van der Waals surface area contributed by atoms with Crippen molar-refractivity contribution in [1.29, 1.82) is 0 Å². The first-order valence-corrected chi connectivity index (χ1v) is 10.9. The van der Waals surface area contributed by atoms with Crippen molar-refractivity contribution in [3.05, 3.63) is 54.1 Å². The van der Waals surface area contributed by atoms with Gasteiger partial charge in [0.2, 0.25) is 10.0 Å². The lowest BCUT2D eigenvalue weighted by molar-refractivity contribution is -0.274. The lowest BCUT2D eigenvalue weighted by Gasteiger charge is -2.29. The van der Waals surface area contributed by atoms with Gasteiger partial charge in [0.1, 0.15) is 11.5 Å². The predicted molar refractivity (Wildman–Crippen MR) is 105 cm³/mol. The van der Waals surface area contributed by atoms with Crippen LogP contribution >= 0.6 is 0 Å². The zero-order chi connectivity index (χ0) is 21.8. The summed E-state index contributed by atoms with van der Waals surface area (Å²) in [5.41, 5.74) is 0.874. The third-order valence-electron chi connectivity index (χ3n) is 4.91. The van der Waals surface area contributed by atoms with E-state index in [2.05, 4.69) is 14.4 Å². The summed E-state index contributed by atoms with van der Waals surface area (Å²) in [6.45, 7) is 1.78. The van der Waals surface area contributed by atoms with E-state index in [1.807, 2.05) is 24.3 Å². The zero-order valence-corrected chi connectivity index (χ0v) is 17.2. The Morgan fingerprint density at radius 3 is 2.30 bits per heavy atom. The normalized spacial score (nSPS) is 16.4. The fourth-order valence-corrected chi connectivity index (χ4v) is 4.56. The number of sulfonamides is 1. The largest absolute Gasteiger partial charge is 0.573 e. The number of nitrogens with one attached hydrogen (secondary N) is 1. The second-order valence-electron chi connectivity index (χ2n) is 6.87. The average molecular weight is 444 g/mol. The molecule has 0 spiro atoms. The average Bonchev–Trinajstić information content (AvgIpc) is 3.22. The van der Waals surface area contributed by atoms with Crippen LogP contribution in [0.25, 0.3) is 0 Å². The van der Waals surface area contributed by atoms with Crippen molar-refractivity contribution < 1.29 is 31.1 Å². The molecule has 0 aliphatic carbocycles. The van der Waals surface area contributed by atoms with Gasteiger partial charge in [0.25, 0.3) is 0 Å². The van der Waals surface area contributed by atoms with Crippen molar-refractivity contribution in [2.75, 3.05) is 26.7 Å². The van der Waals surface area contributed by atoms with Gasteiger partial charge in [0.15, 0.2) is 0 Å². The highest BCUT2D eigenvalue weighted by Gasteiger charge is 2.31. The molecule has 1 aliphatic heterocycles. The van der Waals surface area contributed by atoms with Gasteiger partial charge in [0, 0.05) is 12.1 Å². The highest BCUT2D eigenvalue weighted by Crippen LogP contribution is 2.31. The van der Waals surface area contributed by atoms with Crippen LogP contribution in [0.15, 0.2) is 53.4 Å². The molecule has 10 heteroatoms. The molecule has 0 saturated carbocycles. The first kappa shape index (κ1) is 22.4. The molecule has 1 saturated heterocycles. The van der Waals surface area contributed by atoms with Gasteiger partial charge in [-0.15, -0.1) is 13.2 Å². The molecule has 1 fully saturated rings. The quantitative estimate of drug-likeness (QED) is 0.673. The minimum absolute atomic E-state index is 0.101. The van der Waals surface area contributed by atoms with Crippen LogP contribution in [0.4, 0.5) is 13.2 Å². The SMILES string of the molecule is COc1ccccc1[C@@H](CNS(=O)(=O)c1ccc(OC(F)(F)F)cc1)N1CCCC1. The number of hydrogen-bond donors (Lipinski definition) is 1. The van der Waals surface area contributed by atoms with Crippen LogP contribution in [0.1, 0.15) is 24.4 Å². The number of ether oxygens (including phenoxy) is 2. The monoisotopic (exact) mass is 444 g/mol. The third kappa shape index (κ3) is 5.65. The Kier molecular flexibility index (Phi) is 6.89.